The quantitative estimate of drug-likeness (QED) is 0.577. The van der Waals surface area contributed by atoms with Gasteiger partial charge in [0, 0.05) is 42.9 Å². The molecule has 1 aromatic carbocycles. The first-order chi connectivity index (χ1) is 14.3. The van der Waals surface area contributed by atoms with Gasteiger partial charge in [-0.25, -0.2) is 14.0 Å². The number of likely N-dealkylation sites (N-methyl/N-ethyl adjacent to an activating group) is 1. The van der Waals surface area contributed by atoms with Crippen LogP contribution in [0.1, 0.15) is 0 Å². The van der Waals surface area contributed by atoms with Crippen molar-refractivity contribution in [2.45, 2.75) is 6.54 Å². The van der Waals surface area contributed by atoms with Crippen molar-refractivity contribution in [2.24, 2.45) is 0 Å². The van der Waals surface area contributed by atoms with Crippen LogP contribution in [0.15, 0.2) is 67.1 Å². The number of carboxylic acids is 2. The molecule has 9 heteroatoms. The number of aliphatic carboxylic acids is 2. The standard InChI is InChI=1S/C17H19FN4.C4H4O4/c1-20(2)11-12-22-13-16(14-5-7-15(18)8-6-14)17(19-22)21-9-3-4-10-21;5-3(6)1-2-4(7)8/h3-10,13H,11-12H2,1-2H3;1-2H,(H,5,6)(H,7,8). The van der Waals surface area contributed by atoms with Crippen molar-refractivity contribution < 1.29 is 24.2 Å². The van der Waals surface area contributed by atoms with Crippen molar-refractivity contribution in [3.8, 4) is 16.9 Å². The van der Waals surface area contributed by atoms with Gasteiger partial charge in [-0.3, -0.25) is 4.68 Å². The molecule has 158 valence electrons. The Morgan fingerprint density at radius 3 is 2.13 bits per heavy atom. The molecule has 0 amide bonds. The minimum Gasteiger partial charge on any atom is -0.478 e. The third-order valence-corrected chi connectivity index (χ3v) is 3.89. The summed E-state index contributed by atoms with van der Waals surface area (Å²) in [6.45, 7) is 1.72. The number of hydrogen-bond acceptors (Lipinski definition) is 4. The second kappa shape index (κ2) is 10.7. The lowest BCUT2D eigenvalue weighted by Gasteiger charge is -2.08. The van der Waals surface area contributed by atoms with Gasteiger partial charge in [0.25, 0.3) is 0 Å². The van der Waals surface area contributed by atoms with Gasteiger partial charge in [0.15, 0.2) is 5.82 Å². The van der Waals surface area contributed by atoms with Crippen LogP contribution in [0.5, 0.6) is 0 Å². The molecule has 8 nitrogen and oxygen atoms in total. The topological polar surface area (TPSA) is 101 Å². The van der Waals surface area contributed by atoms with Crippen molar-refractivity contribution in [1.82, 2.24) is 19.2 Å². The summed E-state index contributed by atoms with van der Waals surface area (Å²) in [5, 5.41) is 20.3. The molecule has 0 spiro atoms. The molecule has 0 radical (unpaired) electrons. The monoisotopic (exact) mass is 414 g/mol. The number of benzene rings is 1. The van der Waals surface area contributed by atoms with Crippen LogP contribution in [-0.4, -0.2) is 62.0 Å². The molecular weight excluding hydrogens is 391 g/mol. The van der Waals surface area contributed by atoms with Crippen LogP contribution in [0, 0.1) is 5.82 Å². The lowest BCUT2D eigenvalue weighted by atomic mass is 10.1. The second-order valence-corrected chi connectivity index (χ2v) is 6.54. The molecule has 0 saturated heterocycles. The van der Waals surface area contributed by atoms with Gasteiger partial charge >= 0.3 is 11.9 Å². The first kappa shape index (κ1) is 22.6. The Balaban J connectivity index is 0.000000343. The number of hydrogen-bond donors (Lipinski definition) is 2. The van der Waals surface area contributed by atoms with Crippen molar-refractivity contribution in [1.29, 1.82) is 0 Å². The molecule has 2 heterocycles. The third-order valence-electron chi connectivity index (χ3n) is 3.89. The van der Waals surface area contributed by atoms with Crippen LogP contribution in [-0.2, 0) is 16.1 Å². The van der Waals surface area contributed by atoms with Crippen LogP contribution in [0.3, 0.4) is 0 Å². The Labute approximate surface area is 173 Å². The lowest BCUT2D eigenvalue weighted by Crippen LogP contribution is -2.18. The normalized spacial score (nSPS) is 10.8. The SMILES string of the molecule is CN(C)CCn1cc(-c2ccc(F)cc2)c(-n2cccc2)n1.O=C(O)C=CC(=O)O. The van der Waals surface area contributed by atoms with Gasteiger partial charge in [0.1, 0.15) is 5.82 Å². The smallest absolute Gasteiger partial charge is 0.328 e. The van der Waals surface area contributed by atoms with E-state index in [1.54, 1.807) is 12.1 Å². The molecule has 0 aliphatic rings. The fourth-order valence-electron chi connectivity index (χ4n) is 2.47. The summed E-state index contributed by atoms with van der Waals surface area (Å²) in [5.41, 5.74) is 1.95. The third kappa shape index (κ3) is 7.02. The van der Waals surface area contributed by atoms with Crippen LogP contribution < -0.4 is 0 Å². The van der Waals surface area contributed by atoms with Gasteiger partial charge in [-0.2, -0.15) is 5.10 Å². The second-order valence-electron chi connectivity index (χ2n) is 6.54. The molecule has 3 aromatic rings. The number of rotatable bonds is 7. The maximum atomic E-state index is 13.2. The van der Waals surface area contributed by atoms with E-state index in [2.05, 4.69) is 10.00 Å². The van der Waals surface area contributed by atoms with Gasteiger partial charge < -0.3 is 19.7 Å². The van der Waals surface area contributed by atoms with Crippen molar-refractivity contribution in [3.63, 3.8) is 0 Å². The molecule has 2 N–H and O–H groups in total. The average molecular weight is 414 g/mol. The zero-order chi connectivity index (χ0) is 22.1. The summed E-state index contributed by atoms with van der Waals surface area (Å²) in [4.78, 5) is 21.2. The van der Waals surface area contributed by atoms with E-state index < -0.39 is 11.9 Å². The highest BCUT2D eigenvalue weighted by Crippen LogP contribution is 2.26. The first-order valence-corrected chi connectivity index (χ1v) is 9.01. The highest BCUT2D eigenvalue weighted by atomic mass is 19.1. The van der Waals surface area contributed by atoms with Crippen LogP contribution in [0.25, 0.3) is 16.9 Å². The number of nitrogens with zero attached hydrogens (tertiary/aromatic N) is 4. The summed E-state index contributed by atoms with van der Waals surface area (Å²) in [6.07, 6.45) is 7.06. The Bertz CT molecular complexity index is 977. The van der Waals surface area contributed by atoms with E-state index in [0.29, 0.717) is 12.2 Å². The van der Waals surface area contributed by atoms with Crippen molar-refractivity contribution in [2.75, 3.05) is 20.6 Å². The van der Waals surface area contributed by atoms with Crippen LogP contribution in [0.4, 0.5) is 4.39 Å². The zero-order valence-corrected chi connectivity index (χ0v) is 16.6. The van der Waals surface area contributed by atoms with E-state index in [9.17, 15) is 14.0 Å². The Morgan fingerprint density at radius 1 is 1.07 bits per heavy atom. The zero-order valence-electron chi connectivity index (χ0n) is 16.6. The van der Waals surface area contributed by atoms with Crippen molar-refractivity contribution >= 4 is 11.9 Å². The number of aromatic nitrogens is 3. The van der Waals surface area contributed by atoms with Gasteiger partial charge in [0.05, 0.1) is 6.54 Å². The highest BCUT2D eigenvalue weighted by molar-refractivity contribution is 5.89. The van der Waals surface area contributed by atoms with Gasteiger partial charge in [-0.15, -0.1) is 0 Å². The predicted molar refractivity (Wildman–Crippen MR) is 110 cm³/mol. The van der Waals surface area contributed by atoms with Gasteiger partial charge in [0.2, 0.25) is 0 Å². The summed E-state index contributed by atoms with van der Waals surface area (Å²) >= 11 is 0. The summed E-state index contributed by atoms with van der Waals surface area (Å²) in [6, 6.07) is 10.5. The molecule has 0 atom stereocenters. The fourth-order valence-corrected chi connectivity index (χ4v) is 2.47. The molecule has 30 heavy (non-hydrogen) atoms. The summed E-state index contributed by atoms with van der Waals surface area (Å²) < 4.78 is 17.1. The lowest BCUT2D eigenvalue weighted by molar-refractivity contribution is -0.134. The molecule has 2 aromatic heterocycles. The number of carbonyl (C=O) groups is 2. The minimum atomic E-state index is -1.26. The van der Waals surface area contributed by atoms with E-state index >= 15 is 0 Å². The predicted octanol–water partition coefficient (Wildman–Crippen LogP) is 2.75. The molecular formula is C21H23FN4O4. The Morgan fingerprint density at radius 2 is 1.63 bits per heavy atom. The number of carboxylic acid groups (broad SMARTS) is 2. The Kier molecular flexibility index (Phi) is 8.07. The van der Waals surface area contributed by atoms with Crippen LogP contribution >= 0.6 is 0 Å². The largest absolute Gasteiger partial charge is 0.478 e. The van der Waals surface area contributed by atoms with E-state index in [0.717, 1.165) is 30.0 Å². The van der Waals surface area contributed by atoms with E-state index in [1.807, 2.05) is 54.1 Å². The van der Waals surface area contributed by atoms with Crippen molar-refractivity contribution in [3.05, 3.63) is 73.0 Å². The maximum Gasteiger partial charge on any atom is 0.328 e. The molecule has 0 saturated carbocycles. The summed E-state index contributed by atoms with van der Waals surface area (Å²) in [5.74, 6) is -1.89. The fraction of sp³-hybridized carbons (Fsp3) is 0.190. The van der Waals surface area contributed by atoms with E-state index in [4.69, 9.17) is 10.2 Å². The maximum absolute atomic E-state index is 13.2. The molecule has 3 rings (SSSR count). The average Bonchev–Trinajstić information content (AvgIpc) is 3.35. The van der Waals surface area contributed by atoms with Crippen LogP contribution in [0.2, 0.25) is 0 Å². The minimum absolute atomic E-state index is 0.230. The number of halogens is 1. The van der Waals surface area contributed by atoms with Gasteiger partial charge in [-0.1, -0.05) is 12.1 Å². The Hall–Kier alpha value is -3.72. The highest BCUT2D eigenvalue weighted by Gasteiger charge is 2.12. The molecule has 0 bridgehead atoms. The van der Waals surface area contributed by atoms with E-state index in [1.165, 1.54) is 12.1 Å². The molecule has 0 aliphatic heterocycles. The molecule has 0 fully saturated rings. The molecule has 0 unspecified atom stereocenters. The first-order valence-electron chi connectivity index (χ1n) is 9.01. The van der Waals surface area contributed by atoms with E-state index in [-0.39, 0.29) is 5.82 Å². The summed E-state index contributed by atoms with van der Waals surface area (Å²) in [7, 11) is 4.08. The molecule has 0 aliphatic carbocycles. The van der Waals surface area contributed by atoms with Gasteiger partial charge in [-0.05, 0) is 43.9 Å².